The SMILES string of the molecule is O=C(Nc1nc(-c2ccccc2)cs1)c1ccccc1Br. The van der Waals surface area contributed by atoms with Crippen molar-refractivity contribution in [1.82, 2.24) is 4.98 Å². The number of carbonyl (C=O) groups is 1. The second-order valence-corrected chi connectivity index (χ2v) is 6.05. The van der Waals surface area contributed by atoms with Crippen molar-refractivity contribution in [3.63, 3.8) is 0 Å². The fraction of sp³-hybridized carbons (Fsp3) is 0. The highest BCUT2D eigenvalue weighted by atomic mass is 79.9. The Balaban J connectivity index is 1.79. The van der Waals surface area contributed by atoms with E-state index in [4.69, 9.17) is 0 Å². The Morgan fingerprint density at radius 3 is 2.52 bits per heavy atom. The first-order valence-corrected chi connectivity index (χ1v) is 7.98. The van der Waals surface area contributed by atoms with Crippen LogP contribution in [0.25, 0.3) is 11.3 Å². The molecule has 0 radical (unpaired) electrons. The van der Waals surface area contributed by atoms with Gasteiger partial charge < -0.3 is 0 Å². The zero-order valence-electron chi connectivity index (χ0n) is 10.9. The maximum atomic E-state index is 12.2. The van der Waals surface area contributed by atoms with Crippen molar-refractivity contribution in [2.24, 2.45) is 0 Å². The van der Waals surface area contributed by atoms with E-state index in [0.717, 1.165) is 15.7 Å². The monoisotopic (exact) mass is 358 g/mol. The summed E-state index contributed by atoms with van der Waals surface area (Å²) < 4.78 is 0.766. The lowest BCUT2D eigenvalue weighted by Gasteiger charge is -2.03. The topological polar surface area (TPSA) is 42.0 Å². The third-order valence-electron chi connectivity index (χ3n) is 2.91. The molecule has 0 aliphatic heterocycles. The van der Waals surface area contributed by atoms with Gasteiger partial charge in [0.25, 0.3) is 5.91 Å². The fourth-order valence-electron chi connectivity index (χ4n) is 1.88. The molecule has 2 aromatic carbocycles. The summed E-state index contributed by atoms with van der Waals surface area (Å²) in [6, 6.07) is 17.2. The average molecular weight is 359 g/mol. The van der Waals surface area contributed by atoms with Crippen LogP contribution in [0.2, 0.25) is 0 Å². The molecule has 3 nitrogen and oxygen atoms in total. The van der Waals surface area contributed by atoms with E-state index in [1.54, 1.807) is 6.07 Å². The van der Waals surface area contributed by atoms with Gasteiger partial charge in [0.05, 0.1) is 11.3 Å². The molecule has 0 unspecified atom stereocenters. The highest BCUT2D eigenvalue weighted by molar-refractivity contribution is 9.10. The smallest absolute Gasteiger partial charge is 0.258 e. The van der Waals surface area contributed by atoms with Crippen LogP contribution >= 0.6 is 27.3 Å². The van der Waals surface area contributed by atoms with Gasteiger partial charge in [-0.25, -0.2) is 4.98 Å². The molecule has 0 atom stereocenters. The van der Waals surface area contributed by atoms with E-state index in [-0.39, 0.29) is 5.91 Å². The molecule has 1 amide bonds. The second-order valence-electron chi connectivity index (χ2n) is 4.34. The molecule has 5 heteroatoms. The van der Waals surface area contributed by atoms with Gasteiger partial charge >= 0.3 is 0 Å². The Morgan fingerprint density at radius 1 is 1.05 bits per heavy atom. The maximum Gasteiger partial charge on any atom is 0.258 e. The van der Waals surface area contributed by atoms with E-state index in [2.05, 4.69) is 26.2 Å². The minimum absolute atomic E-state index is 0.170. The van der Waals surface area contributed by atoms with Crippen molar-refractivity contribution >= 4 is 38.3 Å². The largest absolute Gasteiger partial charge is 0.298 e. The van der Waals surface area contributed by atoms with Crippen LogP contribution < -0.4 is 5.32 Å². The van der Waals surface area contributed by atoms with Crippen molar-refractivity contribution in [3.8, 4) is 11.3 Å². The molecule has 3 rings (SSSR count). The minimum atomic E-state index is -0.170. The zero-order chi connectivity index (χ0) is 14.7. The molecule has 1 heterocycles. The van der Waals surface area contributed by atoms with E-state index >= 15 is 0 Å². The third kappa shape index (κ3) is 3.20. The number of nitrogens with zero attached hydrogens (tertiary/aromatic N) is 1. The van der Waals surface area contributed by atoms with Gasteiger partial charge in [-0.2, -0.15) is 0 Å². The number of hydrogen-bond donors (Lipinski definition) is 1. The van der Waals surface area contributed by atoms with Crippen LogP contribution in [0.3, 0.4) is 0 Å². The predicted molar refractivity (Wildman–Crippen MR) is 89.6 cm³/mol. The van der Waals surface area contributed by atoms with Crippen molar-refractivity contribution in [1.29, 1.82) is 0 Å². The Labute approximate surface area is 134 Å². The van der Waals surface area contributed by atoms with Crippen molar-refractivity contribution in [3.05, 3.63) is 70.0 Å². The number of rotatable bonds is 3. The highest BCUT2D eigenvalue weighted by Crippen LogP contribution is 2.25. The van der Waals surface area contributed by atoms with Crippen LogP contribution in [0.4, 0.5) is 5.13 Å². The van der Waals surface area contributed by atoms with Gasteiger partial charge in [-0.3, -0.25) is 10.1 Å². The molecule has 21 heavy (non-hydrogen) atoms. The van der Waals surface area contributed by atoms with Crippen molar-refractivity contribution < 1.29 is 4.79 Å². The van der Waals surface area contributed by atoms with Gasteiger partial charge in [-0.1, -0.05) is 42.5 Å². The standard InChI is InChI=1S/C16H11BrN2OS/c17-13-9-5-4-8-12(13)15(20)19-16-18-14(10-21-16)11-6-2-1-3-7-11/h1-10H,(H,18,19,20). The quantitative estimate of drug-likeness (QED) is 0.728. The molecule has 3 aromatic rings. The summed E-state index contributed by atoms with van der Waals surface area (Å²) in [5, 5.41) is 5.36. The van der Waals surface area contributed by atoms with Gasteiger partial charge in [-0.15, -0.1) is 11.3 Å². The van der Waals surface area contributed by atoms with Gasteiger partial charge in [0.2, 0.25) is 0 Å². The second kappa shape index (κ2) is 6.20. The summed E-state index contributed by atoms with van der Waals surface area (Å²) in [6.45, 7) is 0. The summed E-state index contributed by atoms with van der Waals surface area (Å²) in [6.07, 6.45) is 0. The summed E-state index contributed by atoms with van der Waals surface area (Å²) in [5.74, 6) is -0.170. The fourth-order valence-corrected chi connectivity index (χ4v) is 3.06. The third-order valence-corrected chi connectivity index (χ3v) is 4.36. The van der Waals surface area contributed by atoms with Crippen LogP contribution in [0.1, 0.15) is 10.4 Å². The van der Waals surface area contributed by atoms with E-state index in [1.807, 2.05) is 53.9 Å². The molecule has 0 saturated carbocycles. The number of amides is 1. The summed E-state index contributed by atoms with van der Waals surface area (Å²) in [7, 11) is 0. The van der Waals surface area contributed by atoms with Crippen molar-refractivity contribution in [2.75, 3.05) is 5.32 Å². The molecule has 0 aliphatic carbocycles. The lowest BCUT2D eigenvalue weighted by atomic mass is 10.2. The number of anilines is 1. The van der Waals surface area contributed by atoms with E-state index in [0.29, 0.717) is 10.7 Å². The Morgan fingerprint density at radius 2 is 1.76 bits per heavy atom. The number of nitrogens with one attached hydrogen (secondary N) is 1. The van der Waals surface area contributed by atoms with Crippen LogP contribution in [-0.4, -0.2) is 10.9 Å². The number of benzene rings is 2. The number of halogens is 1. The number of aromatic nitrogens is 1. The van der Waals surface area contributed by atoms with Crippen LogP contribution in [-0.2, 0) is 0 Å². The molecule has 0 spiro atoms. The predicted octanol–water partition coefficient (Wildman–Crippen LogP) is 4.82. The first kappa shape index (κ1) is 14.0. The first-order valence-electron chi connectivity index (χ1n) is 6.31. The van der Waals surface area contributed by atoms with Gasteiger partial charge in [0, 0.05) is 15.4 Å². The Hall–Kier alpha value is -1.98. The molecule has 0 saturated heterocycles. The molecule has 0 bridgehead atoms. The molecule has 0 fully saturated rings. The zero-order valence-corrected chi connectivity index (χ0v) is 13.3. The summed E-state index contributed by atoms with van der Waals surface area (Å²) in [5.41, 5.74) is 2.49. The number of hydrogen-bond acceptors (Lipinski definition) is 3. The van der Waals surface area contributed by atoms with Gasteiger partial charge in [0.15, 0.2) is 5.13 Å². The van der Waals surface area contributed by atoms with Crippen LogP contribution in [0, 0.1) is 0 Å². The molecule has 1 aromatic heterocycles. The molecule has 0 aliphatic rings. The van der Waals surface area contributed by atoms with Crippen LogP contribution in [0.15, 0.2) is 64.5 Å². The maximum absolute atomic E-state index is 12.2. The van der Waals surface area contributed by atoms with E-state index in [1.165, 1.54) is 11.3 Å². The molecular weight excluding hydrogens is 348 g/mol. The van der Waals surface area contributed by atoms with E-state index in [9.17, 15) is 4.79 Å². The minimum Gasteiger partial charge on any atom is -0.298 e. The normalized spacial score (nSPS) is 10.3. The molecular formula is C16H11BrN2OS. The average Bonchev–Trinajstić information content (AvgIpc) is 2.97. The highest BCUT2D eigenvalue weighted by Gasteiger charge is 2.12. The lowest BCUT2D eigenvalue weighted by Crippen LogP contribution is -2.12. The molecule has 1 N–H and O–H groups in total. The Bertz CT molecular complexity index is 771. The number of thiazole rings is 1. The summed E-state index contributed by atoms with van der Waals surface area (Å²) >= 11 is 4.79. The number of carbonyl (C=O) groups excluding carboxylic acids is 1. The summed E-state index contributed by atoms with van der Waals surface area (Å²) in [4.78, 5) is 16.7. The Kier molecular flexibility index (Phi) is 4.13. The lowest BCUT2D eigenvalue weighted by molar-refractivity contribution is 0.102. The van der Waals surface area contributed by atoms with Crippen LogP contribution in [0.5, 0.6) is 0 Å². The van der Waals surface area contributed by atoms with Gasteiger partial charge in [0.1, 0.15) is 0 Å². The van der Waals surface area contributed by atoms with E-state index < -0.39 is 0 Å². The molecule has 104 valence electrons. The van der Waals surface area contributed by atoms with Crippen molar-refractivity contribution in [2.45, 2.75) is 0 Å². The van der Waals surface area contributed by atoms with Gasteiger partial charge in [-0.05, 0) is 28.1 Å². The first-order chi connectivity index (χ1) is 10.2.